The maximum absolute atomic E-state index is 5.65. The Morgan fingerprint density at radius 1 is 1.19 bits per heavy atom. The molecule has 0 bridgehead atoms. The zero-order chi connectivity index (χ0) is 11.1. The number of nitrogens with one attached hydrogen (secondary N) is 2. The fourth-order valence-electron chi connectivity index (χ4n) is 1.91. The largest absolute Gasteiger partial charge is 0.377 e. The number of ether oxygens (including phenoxy) is 1. The van der Waals surface area contributed by atoms with Crippen LogP contribution in [0.2, 0.25) is 0 Å². The third kappa shape index (κ3) is 3.93. The lowest BCUT2D eigenvalue weighted by atomic mass is 10.2. The van der Waals surface area contributed by atoms with Gasteiger partial charge in [-0.05, 0) is 12.0 Å². The molecule has 0 unspecified atom stereocenters. The second kappa shape index (κ2) is 6.63. The van der Waals surface area contributed by atoms with E-state index in [1.54, 1.807) is 0 Å². The van der Waals surface area contributed by atoms with Crippen LogP contribution in [0.4, 0.5) is 0 Å². The van der Waals surface area contributed by atoms with Gasteiger partial charge < -0.3 is 15.4 Å². The summed E-state index contributed by atoms with van der Waals surface area (Å²) in [5.41, 5.74) is 1.25. The van der Waals surface area contributed by atoms with Gasteiger partial charge in [0.25, 0.3) is 0 Å². The smallest absolute Gasteiger partial charge is 0.0716 e. The zero-order valence-electron chi connectivity index (χ0n) is 9.61. The van der Waals surface area contributed by atoms with Crippen molar-refractivity contribution in [2.45, 2.75) is 19.1 Å². The van der Waals surface area contributed by atoms with Gasteiger partial charge >= 0.3 is 0 Å². The maximum atomic E-state index is 5.65. The highest BCUT2D eigenvalue weighted by Crippen LogP contribution is 2.02. The van der Waals surface area contributed by atoms with Crippen LogP contribution in [0.3, 0.4) is 0 Å². The van der Waals surface area contributed by atoms with Crippen LogP contribution in [0, 0.1) is 0 Å². The lowest BCUT2D eigenvalue weighted by molar-refractivity contribution is 0.109. The minimum absolute atomic E-state index is 0.574. The first-order valence-electron chi connectivity index (χ1n) is 6.01. The van der Waals surface area contributed by atoms with Crippen molar-refractivity contribution in [2.75, 3.05) is 26.2 Å². The van der Waals surface area contributed by atoms with Gasteiger partial charge in [0.15, 0.2) is 0 Å². The number of hydrogen-bond acceptors (Lipinski definition) is 3. The molecule has 1 aromatic carbocycles. The molecule has 2 rings (SSSR count). The molecule has 0 amide bonds. The first kappa shape index (κ1) is 11.6. The summed E-state index contributed by atoms with van der Waals surface area (Å²) in [6, 6.07) is 10.9. The van der Waals surface area contributed by atoms with E-state index in [1.165, 1.54) is 5.56 Å². The Hall–Kier alpha value is -0.900. The topological polar surface area (TPSA) is 33.3 Å². The van der Waals surface area contributed by atoms with Crippen LogP contribution in [0.1, 0.15) is 12.0 Å². The van der Waals surface area contributed by atoms with Gasteiger partial charge in [-0.15, -0.1) is 0 Å². The fraction of sp³-hybridized carbons (Fsp3) is 0.538. The summed E-state index contributed by atoms with van der Waals surface area (Å²) in [5.74, 6) is 0. The normalized spacial score (nSPS) is 20.9. The molecule has 0 aromatic heterocycles. The van der Waals surface area contributed by atoms with Crippen molar-refractivity contribution in [2.24, 2.45) is 0 Å². The van der Waals surface area contributed by atoms with Gasteiger partial charge in [-0.25, -0.2) is 0 Å². The molecule has 1 aliphatic rings. The van der Waals surface area contributed by atoms with Gasteiger partial charge in [0.1, 0.15) is 0 Å². The van der Waals surface area contributed by atoms with E-state index in [0.29, 0.717) is 6.04 Å². The van der Waals surface area contributed by atoms with Crippen LogP contribution in [0.15, 0.2) is 30.3 Å². The molecule has 16 heavy (non-hydrogen) atoms. The van der Waals surface area contributed by atoms with Gasteiger partial charge in [0.2, 0.25) is 0 Å². The molecule has 3 nitrogen and oxygen atoms in total. The van der Waals surface area contributed by atoms with Crippen LogP contribution < -0.4 is 10.6 Å². The summed E-state index contributed by atoms with van der Waals surface area (Å²) < 4.78 is 5.65. The van der Waals surface area contributed by atoms with Gasteiger partial charge in [-0.2, -0.15) is 0 Å². The summed E-state index contributed by atoms with van der Waals surface area (Å²) >= 11 is 0. The van der Waals surface area contributed by atoms with Crippen LogP contribution in [-0.2, 0) is 11.3 Å². The SMILES string of the molecule is c1ccc(COCC[C@@H]2CNCCN2)cc1. The third-order valence-electron chi connectivity index (χ3n) is 2.85. The molecule has 1 heterocycles. The van der Waals surface area contributed by atoms with Crippen molar-refractivity contribution in [1.82, 2.24) is 10.6 Å². The number of hydrogen-bond donors (Lipinski definition) is 2. The quantitative estimate of drug-likeness (QED) is 0.730. The van der Waals surface area contributed by atoms with E-state index < -0.39 is 0 Å². The minimum Gasteiger partial charge on any atom is -0.377 e. The van der Waals surface area contributed by atoms with Crippen molar-refractivity contribution < 1.29 is 4.74 Å². The third-order valence-corrected chi connectivity index (χ3v) is 2.85. The van der Waals surface area contributed by atoms with Crippen molar-refractivity contribution in [1.29, 1.82) is 0 Å². The molecule has 88 valence electrons. The lowest BCUT2D eigenvalue weighted by Crippen LogP contribution is -2.48. The Morgan fingerprint density at radius 3 is 2.81 bits per heavy atom. The standard InChI is InChI=1S/C13H20N2O/c1-2-4-12(5-3-1)11-16-9-6-13-10-14-7-8-15-13/h1-5,13-15H,6-11H2/t13-/m1/s1. The van der Waals surface area contributed by atoms with Gasteiger partial charge in [0.05, 0.1) is 6.61 Å². The molecular formula is C13H20N2O. The molecule has 1 aliphatic heterocycles. The van der Waals surface area contributed by atoms with Crippen molar-refractivity contribution in [3.05, 3.63) is 35.9 Å². The molecular weight excluding hydrogens is 200 g/mol. The van der Waals surface area contributed by atoms with Gasteiger partial charge in [-0.3, -0.25) is 0 Å². The van der Waals surface area contributed by atoms with Crippen LogP contribution in [0.5, 0.6) is 0 Å². The Morgan fingerprint density at radius 2 is 2.06 bits per heavy atom. The van der Waals surface area contributed by atoms with E-state index in [9.17, 15) is 0 Å². The van der Waals surface area contributed by atoms with Crippen LogP contribution >= 0.6 is 0 Å². The Kier molecular flexibility index (Phi) is 4.80. The summed E-state index contributed by atoms with van der Waals surface area (Å²) in [6.07, 6.45) is 1.08. The molecule has 0 saturated carbocycles. The van der Waals surface area contributed by atoms with Crippen molar-refractivity contribution in [3.63, 3.8) is 0 Å². The molecule has 2 N–H and O–H groups in total. The zero-order valence-corrected chi connectivity index (χ0v) is 9.61. The molecule has 1 fully saturated rings. The fourth-order valence-corrected chi connectivity index (χ4v) is 1.91. The lowest BCUT2D eigenvalue weighted by Gasteiger charge is -2.24. The summed E-state index contributed by atoms with van der Waals surface area (Å²) in [5, 5.41) is 6.85. The maximum Gasteiger partial charge on any atom is 0.0716 e. The first-order valence-corrected chi connectivity index (χ1v) is 6.01. The Labute approximate surface area is 97.2 Å². The monoisotopic (exact) mass is 220 g/mol. The van der Waals surface area contributed by atoms with E-state index in [4.69, 9.17) is 4.74 Å². The summed E-state index contributed by atoms with van der Waals surface area (Å²) in [6.45, 7) is 4.77. The van der Waals surface area contributed by atoms with E-state index in [-0.39, 0.29) is 0 Å². The minimum atomic E-state index is 0.574. The first-order chi connectivity index (χ1) is 7.95. The predicted molar refractivity (Wildman–Crippen MR) is 65.4 cm³/mol. The average molecular weight is 220 g/mol. The summed E-state index contributed by atoms with van der Waals surface area (Å²) in [4.78, 5) is 0. The van der Waals surface area contributed by atoms with E-state index >= 15 is 0 Å². The predicted octanol–water partition coefficient (Wildman–Crippen LogP) is 1.15. The molecule has 1 aromatic rings. The molecule has 0 spiro atoms. The average Bonchev–Trinajstić information content (AvgIpc) is 2.37. The van der Waals surface area contributed by atoms with E-state index in [2.05, 4.69) is 22.8 Å². The highest BCUT2D eigenvalue weighted by Gasteiger charge is 2.10. The van der Waals surface area contributed by atoms with Gasteiger partial charge in [-0.1, -0.05) is 30.3 Å². The molecule has 1 saturated heterocycles. The van der Waals surface area contributed by atoms with Crippen LogP contribution in [0.25, 0.3) is 0 Å². The highest BCUT2D eigenvalue weighted by atomic mass is 16.5. The van der Waals surface area contributed by atoms with Crippen molar-refractivity contribution >= 4 is 0 Å². The second-order valence-electron chi connectivity index (χ2n) is 4.18. The molecule has 0 radical (unpaired) electrons. The van der Waals surface area contributed by atoms with E-state index in [0.717, 1.165) is 39.3 Å². The number of rotatable bonds is 5. The van der Waals surface area contributed by atoms with Gasteiger partial charge in [0, 0.05) is 32.3 Å². The summed E-state index contributed by atoms with van der Waals surface area (Å²) in [7, 11) is 0. The van der Waals surface area contributed by atoms with Crippen molar-refractivity contribution in [3.8, 4) is 0 Å². The molecule has 1 atom stereocenters. The van der Waals surface area contributed by atoms with E-state index in [1.807, 2.05) is 18.2 Å². The molecule has 0 aliphatic carbocycles. The Bertz CT molecular complexity index is 283. The number of piperazine rings is 1. The van der Waals surface area contributed by atoms with Crippen LogP contribution in [-0.4, -0.2) is 32.3 Å². The molecule has 3 heteroatoms. The highest BCUT2D eigenvalue weighted by molar-refractivity contribution is 5.13. The Balaban J connectivity index is 1.58. The number of benzene rings is 1. The second-order valence-corrected chi connectivity index (χ2v) is 4.18.